The molecule has 0 aromatic carbocycles. The number of hydrogen-bond acceptors (Lipinski definition) is 4. The van der Waals surface area contributed by atoms with Crippen molar-refractivity contribution in [1.82, 2.24) is 15.4 Å². The molecular weight excluding hydrogens is 184 g/mol. The third kappa shape index (κ3) is 3.90. The molecule has 0 spiro atoms. The van der Waals surface area contributed by atoms with Crippen LogP contribution >= 0.6 is 0 Å². The van der Waals surface area contributed by atoms with Crippen molar-refractivity contribution in [3.05, 3.63) is 12.3 Å². The van der Waals surface area contributed by atoms with Crippen molar-refractivity contribution in [2.45, 2.75) is 0 Å². The van der Waals surface area contributed by atoms with E-state index in [9.17, 15) is 4.79 Å². The molecule has 6 heteroatoms. The van der Waals surface area contributed by atoms with E-state index in [1.54, 1.807) is 6.07 Å². The molecule has 0 bridgehead atoms. The molecule has 1 aromatic heterocycles. The normalized spacial score (nSPS) is 10.2. The summed E-state index contributed by atoms with van der Waals surface area (Å²) in [5.74, 6) is 0.340. The van der Waals surface area contributed by atoms with Crippen LogP contribution in [0.3, 0.4) is 0 Å². The van der Waals surface area contributed by atoms with Crippen molar-refractivity contribution in [3.63, 3.8) is 0 Å². The number of carbonyl (C=O) groups is 1. The molecule has 1 rings (SSSR count). The average molecular weight is 198 g/mol. The second kappa shape index (κ2) is 5.23. The average Bonchev–Trinajstić information content (AvgIpc) is 2.56. The Balaban J connectivity index is 2.17. The summed E-state index contributed by atoms with van der Waals surface area (Å²) >= 11 is 0. The summed E-state index contributed by atoms with van der Waals surface area (Å²) in [5.41, 5.74) is 0. The van der Waals surface area contributed by atoms with Gasteiger partial charge in [-0.05, 0) is 14.1 Å². The van der Waals surface area contributed by atoms with Crippen LogP contribution in [0, 0.1) is 0 Å². The molecule has 0 aliphatic rings. The predicted octanol–water partition coefficient (Wildman–Crippen LogP) is 0.358. The second-order valence-corrected chi connectivity index (χ2v) is 3.06. The van der Waals surface area contributed by atoms with Gasteiger partial charge in [0, 0.05) is 19.2 Å². The molecule has 2 amide bonds. The van der Waals surface area contributed by atoms with E-state index < -0.39 is 0 Å². The number of urea groups is 1. The number of rotatable bonds is 4. The van der Waals surface area contributed by atoms with Gasteiger partial charge < -0.3 is 14.7 Å². The third-order valence-electron chi connectivity index (χ3n) is 1.52. The van der Waals surface area contributed by atoms with Crippen molar-refractivity contribution in [1.29, 1.82) is 0 Å². The lowest BCUT2D eigenvalue weighted by atomic mass is 10.6. The van der Waals surface area contributed by atoms with Crippen LogP contribution in [0.4, 0.5) is 10.7 Å². The summed E-state index contributed by atoms with van der Waals surface area (Å²) in [5, 5.41) is 8.63. The highest BCUT2D eigenvalue weighted by Gasteiger charge is 2.02. The van der Waals surface area contributed by atoms with Gasteiger partial charge in [0.05, 0.1) is 6.20 Å². The van der Waals surface area contributed by atoms with Crippen molar-refractivity contribution in [3.8, 4) is 0 Å². The topological polar surface area (TPSA) is 70.4 Å². The number of likely N-dealkylation sites (N-methyl/N-ethyl adjacent to an activating group) is 1. The minimum atomic E-state index is -0.288. The SMILES string of the molecule is CN(C)CCNC(=O)Nc1ccno1. The maximum atomic E-state index is 11.2. The number of nitrogens with one attached hydrogen (secondary N) is 2. The minimum Gasteiger partial charge on any atom is -0.338 e. The summed E-state index contributed by atoms with van der Waals surface area (Å²) in [6, 6.07) is 1.29. The summed E-state index contributed by atoms with van der Waals surface area (Å²) in [6.45, 7) is 1.39. The van der Waals surface area contributed by atoms with Crippen LogP contribution in [0.1, 0.15) is 0 Å². The van der Waals surface area contributed by atoms with E-state index in [0.717, 1.165) is 6.54 Å². The lowest BCUT2D eigenvalue weighted by Gasteiger charge is -2.09. The van der Waals surface area contributed by atoms with E-state index in [1.807, 2.05) is 19.0 Å². The van der Waals surface area contributed by atoms with E-state index in [1.165, 1.54) is 6.20 Å². The summed E-state index contributed by atoms with van der Waals surface area (Å²) in [4.78, 5) is 13.1. The molecule has 0 saturated heterocycles. The lowest BCUT2D eigenvalue weighted by molar-refractivity contribution is 0.250. The zero-order valence-corrected chi connectivity index (χ0v) is 8.28. The summed E-state index contributed by atoms with van der Waals surface area (Å²) in [6.07, 6.45) is 1.47. The van der Waals surface area contributed by atoms with Gasteiger partial charge in [-0.15, -0.1) is 0 Å². The van der Waals surface area contributed by atoms with Crippen molar-refractivity contribution < 1.29 is 9.32 Å². The van der Waals surface area contributed by atoms with Crippen molar-refractivity contribution in [2.75, 3.05) is 32.5 Å². The molecule has 0 fully saturated rings. The lowest BCUT2D eigenvalue weighted by Crippen LogP contribution is -2.34. The molecule has 6 nitrogen and oxygen atoms in total. The molecule has 2 N–H and O–H groups in total. The molecule has 1 aromatic rings. The maximum Gasteiger partial charge on any atom is 0.321 e. The first kappa shape index (κ1) is 10.5. The van der Waals surface area contributed by atoms with E-state index >= 15 is 0 Å². The number of hydrogen-bond donors (Lipinski definition) is 2. The summed E-state index contributed by atoms with van der Waals surface area (Å²) in [7, 11) is 3.88. The van der Waals surface area contributed by atoms with Crippen LogP contribution in [-0.2, 0) is 0 Å². The van der Waals surface area contributed by atoms with Crippen LogP contribution in [0.25, 0.3) is 0 Å². The molecule has 0 aliphatic heterocycles. The van der Waals surface area contributed by atoms with E-state index in [0.29, 0.717) is 12.4 Å². The number of anilines is 1. The molecule has 0 atom stereocenters. The molecule has 0 saturated carbocycles. The van der Waals surface area contributed by atoms with Gasteiger partial charge in [-0.2, -0.15) is 0 Å². The monoisotopic (exact) mass is 198 g/mol. The minimum absolute atomic E-state index is 0.288. The maximum absolute atomic E-state index is 11.2. The highest BCUT2D eigenvalue weighted by Crippen LogP contribution is 2.02. The molecular formula is C8H14N4O2. The van der Waals surface area contributed by atoms with Crippen LogP contribution in [0.15, 0.2) is 16.8 Å². The molecule has 0 radical (unpaired) electrons. The van der Waals surface area contributed by atoms with Gasteiger partial charge >= 0.3 is 6.03 Å². The van der Waals surface area contributed by atoms with Crippen molar-refractivity contribution in [2.24, 2.45) is 0 Å². The van der Waals surface area contributed by atoms with E-state index in [-0.39, 0.29) is 6.03 Å². The first-order valence-corrected chi connectivity index (χ1v) is 4.29. The first-order valence-electron chi connectivity index (χ1n) is 4.29. The fraction of sp³-hybridized carbons (Fsp3) is 0.500. The summed E-state index contributed by atoms with van der Waals surface area (Å²) < 4.78 is 4.70. The number of aromatic nitrogens is 1. The quantitative estimate of drug-likeness (QED) is 0.732. The molecule has 0 aliphatic carbocycles. The number of amides is 2. The largest absolute Gasteiger partial charge is 0.338 e. The smallest absolute Gasteiger partial charge is 0.321 e. The molecule has 78 valence electrons. The third-order valence-corrected chi connectivity index (χ3v) is 1.52. The van der Waals surface area contributed by atoms with Gasteiger partial charge in [0.2, 0.25) is 5.88 Å². The molecule has 1 heterocycles. The standard InChI is InChI=1S/C8H14N4O2/c1-12(2)6-5-9-8(13)11-7-3-4-10-14-7/h3-4H,5-6H2,1-2H3,(H2,9,11,13). The Morgan fingerprint density at radius 3 is 3.00 bits per heavy atom. The van der Waals surface area contributed by atoms with Crippen LogP contribution < -0.4 is 10.6 Å². The van der Waals surface area contributed by atoms with Gasteiger partial charge in [-0.1, -0.05) is 5.16 Å². The highest BCUT2D eigenvalue weighted by atomic mass is 16.5. The molecule has 0 unspecified atom stereocenters. The van der Waals surface area contributed by atoms with Crippen LogP contribution in [0.5, 0.6) is 0 Å². The van der Waals surface area contributed by atoms with Gasteiger partial charge in [0.15, 0.2) is 0 Å². The van der Waals surface area contributed by atoms with Crippen molar-refractivity contribution >= 4 is 11.9 Å². The Morgan fingerprint density at radius 1 is 1.64 bits per heavy atom. The van der Waals surface area contributed by atoms with Gasteiger partial charge in [0.1, 0.15) is 0 Å². The predicted molar refractivity (Wildman–Crippen MR) is 52.1 cm³/mol. The zero-order chi connectivity index (χ0) is 10.4. The number of nitrogens with zero attached hydrogens (tertiary/aromatic N) is 2. The van der Waals surface area contributed by atoms with Crippen LogP contribution in [-0.4, -0.2) is 43.3 Å². The Bertz CT molecular complexity index is 271. The Hall–Kier alpha value is -1.56. The van der Waals surface area contributed by atoms with E-state index in [4.69, 9.17) is 4.52 Å². The highest BCUT2D eigenvalue weighted by molar-refractivity contribution is 5.87. The van der Waals surface area contributed by atoms with Gasteiger partial charge in [0.25, 0.3) is 0 Å². The fourth-order valence-corrected chi connectivity index (χ4v) is 0.829. The van der Waals surface area contributed by atoms with E-state index in [2.05, 4.69) is 15.8 Å². The Labute approximate surface area is 82.2 Å². The fourth-order valence-electron chi connectivity index (χ4n) is 0.829. The number of carbonyl (C=O) groups excluding carboxylic acids is 1. The van der Waals surface area contributed by atoms with Gasteiger partial charge in [-0.3, -0.25) is 5.32 Å². The Kier molecular flexibility index (Phi) is 3.93. The Morgan fingerprint density at radius 2 is 2.43 bits per heavy atom. The first-order chi connectivity index (χ1) is 6.68. The molecule has 14 heavy (non-hydrogen) atoms. The zero-order valence-electron chi connectivity index (χ0n) is 8.28. The van der Waals surface area contributed by atoms with Gasteiger partial charge in [-0.25, -0.2) is 4.79 Å². The van der Waals surface area contributed by atoms with Crippen LogP contribution in [0.2, 0.25) is 0 Å². The second-order valence-electron chi connectivity index (χ2n) is 3.06.